The first kappa shape index (κ1) is 8.90. The molecule has 0 aliphatic carbocycles. The fraction of sp³-hybridized carbons (Fsp3) is 0. The highest BCUT2D eigenvalue weighted by Crippen LogP contribution is 1.38. The molecule has 0 fully saturated rings. The van der Waals surface area contributed by atoms with E-state index in [9.17, 15) is 0 Å². The number of rotatable bonds is 0. The van der Waals surface area contributed by atoms with E-state index in [1.165, 1.54) is 0 Å². The fourth-order valence-corrected chi connectivity index (χ4v) is 0. The van der Waals surface area contributed by atoms with Crippen molar-refractivity contribution in [2.75, 3.05) is 0 Å². The Hall–Kier alpha value is -0.840. The molecule has 5 nitrogen and oxygen atoms in total. The summed E-state index contributed by atoms with van der Waals surface area (Å²) in [7, 11) is 0. The van der Waals surface area contributed by atoms with Crippen molar-refractivity contribution in [3.05, 3.63) is 10.1 Å². The summed E-state index contributed by atoms with van der Waals surface area (Å²) in [5, 5.41) is 13.6. The summed E-state index contributed by atoms with van der Waals surface area (Å²) in [5.74, 6) is 0. The van der Waals surface area contributed by atoms with Crippen molar-refractivity contribution in [3.8, 4) is 0 Å². The van der Waals surface area contributed by atoms with Gasteiger partial charge in [0.2, 0.25) is 0 Å². The van der Waals surface area contributed by atoms with Crippen LogP contribution in [0.4, 0.5) is 0 Å². The molecule has 0 saturated carbocycles. The third kappa shape index (κ3) is 6.03. The lowest BCUT2D eigenvalue weighted by molar-refractivity contribution is -0.742. The highest BCUT2D eigenvalue weighted by Gasteiger charge is 1.65. The summed E-state index contributed by atoms with van der Waals surface area (Å²) in [4.78, 5) is 8.36. The topological polar surface area (TPSA) is 98.4 Å². The molecule has 0 saturated heterocycles. The van der Waals surface area contributed by atoms with Gasteiger partial charge in [-0.25, -0.2) is 0 Å². The molecule has 0 rings (SSSR count). The molecular weight excluding hydrogens is 77.0 g/mol. The predicted molar refractivity (Wildman–Crippen MR) is 13.8 cm³/mol. The first-order chi connectivity index (χ1) is 1.73. The van der Waals surface area contributed by atoms with Gasteiger partial charge in [0.15, 0.2) is 0 Å². The summed E-state index contributed by atoms with van der Waals surface area (Å²) in [5.41, 5.74) is 0. The summed E-state index contributed by atoms with van der Waals surface area (Å²) in [6, 6.07) is 0. The van der Waals surface area contributed by atoms with Gasteiger partial charge in [-0.1, -0.05) is 0 Å². The van der Waals surface area contributed by atoms with Gasteiger partial charge in [-0.2, -0.15) is 0 Å². The Morgan fingerprint density at radius 2 is 1.80 bits per heavy atom. The molecule has 0 unspecified atom stereocenters. The van der Waals surface area contributed by atoms with Crippen LogP contribution in [0.1, 0.15) is 0 Å². The van der Waals surface area contributed by atoms with Crippen LogP contribution in [-0.2, 0) is 0 Å². The first-order valence-electron chi connectivity index (χ1n) is 0.565. The molecule has 0 aliphatic rings. The Morgan fingerprint density at radius 3 is 1.80 bits per heavy atom. The second-order valence-corrected chi connectivity index (χ2v) is 0.238. The quantitative estimate of drug-likeness (QED) is 0.240. The number of hydrogen-bond donors (Lipinski definition) is 2. The highest BCUT2D eigenvalue weighted by atomic mass is 17.2. The van der Waals surface area contributed by atoms with Crippen LogP contribution in [0, 0.1) is 10.1 Å². The molecule has 4 N–H and O–H groups in total. The van der Waals surface area contributed by atoms with Gasteiger partial charge in [0.05, 0.1) is 0 Å². The lowest BCUT2D eigenvalue weighted by Crippen LogP contribution is -1.81. The zero-order valence-electron chi connectivity index (χ0n) is 2.42. The SMILES string of the molecule is N.O=[15N+]([O-])O. The molecule has 0 atom stereocenters. The van der Waals surface area contributed by atoms with Crippen LogP contribution in [0.25, 0.3) is 0 Å². The van der Waals surface area contributed by atoms with Gasteiger partial charge >= 0.3 is 0 Å². The lowest BCUT2D eigenvalue weighted by atomic mass is 13.8. The predicted octanol–water partition coefficient (Wildman–Crippen LogP) is -0.186. The minimum absolute atomic E-state index is 0. The van der Waals surface area contributed by atoms with Gasteiger partial charge in [0, 0.05) is 0 Å². The maximum Gasteiger partial charge on any atom is 0.291 e. The van der Waals surface area contributed by atoms with E-state index in [1.54, 1.807) is 0 Å². The summed E-state index contributed by atoms with van der Waals surface area (Å²) in [6.45, 7) is 0. The molecular formula is H4N2O3. The smallest absolute Gasteiger partial charge is 0.291 e. The monoisotopic (exact) mass is 81.0 g/mol. The Kier molecular flexibility index (Phi) is 5.63. The van der Waals surface area contributed by atoms with E-state index in [0.29, 0.717) is 0 Å². The van der Waals surface area contributed by atoms with E-state index < -0.39 is 5.09 Å². The zero-order valence-corrected chi connectivity index (χ0v) is 2.42. The zero-order chi connectivity index (χ0) is 3.58. The molecule has 0 spiro atoms. The van der Waals surface area contributed by atoms with E-state index >= 15 is 0 Å². The lowest BCUT2D eigenvalue weighted by Gasteiger charge is -1.56. The van der Waals surface area contributed by atoms with E-state index in [2.05, 4.69) is 0 Å². The van der Waals surface area contributed by atoms with Crippen molar-refractivity contribution in [1.29, 1.82) is 0 Å². The number of hydrogen-bond acceptors (Lipinski definition) is 3. The molecule has 0 aromatic rings. The maximum absolute atomic E-state index is 8.36. The van der Waals surface area contributed by atoms with Crippen molar-refractivity contribution in [1.82, 2.24) is 6.15 Å². The normalized spacial score (nSPS) is 4.80. The standard InChI is InChI=1S/HNO3.H3N/c2-1(3)4;/h(H,2,3,4);1H3/i1+1;. The molecule has 0 heterocycles. The third-order valence-electron chi connectivity index (χ3n) is 0. The van der Waals surface area contributed by atoms with Crippen LogP contribution in [0.3, 0.4) is 0 Å². The Bertz CT molecular complexity index is 27.9. The largest absolute Gasteiger partial charge is 0.344 e. The van der Waals surface area contributed by atoms with Crippen LogP contribution >= 0.6 is 0 Å². The second kappa shape index (κ2) is 3.16. The van der Waals surface area contributed by atoms with E-state index in [4.69, 9.17) is 15.3 Å². The van der Waals surface area contributed by atoms with Crippen LogP contribution < -0.4 is 6.15 Å². The Labute approximate surface area is 27.9 Å². The molecule has 5 heavy (non-hydrogen) atoms. The van der Waals surface area contributed by atoms with Gasteiger partial charge in [-0.3, -0.25) is 0 Å². The van der Waals surface area contributed by atoms with Crippen molar-refractivity contribution < 1.29 is 10.3 Å². The molecule has 0 amide bonds. The maximum atomic E-state index is 8.36. The van der Waals surface area contributed by atoms with Crippen LogP contribution in [0.15, 0.2) is 0 Å². The molecule has 5 heteroatoms. The first-order valence-corrected chi connectivity index (χ1v) is 0.565. The second-order valence-electron chi connectivity index (χ2n) is 0.238. The molecule has 0 bridgehead atoms. The van der Waals surface area contributed by atoms with Gasteiger partial charge in [-0.15, -0.1) is 10.1 Å². The Balaban J connectivity index is 0. The van der Waals surface area contributed by atoms with Crippen LogP contribution in [0.5, 0.6) is 0 Å². The third-order valence-corrected chi connectivity index (χ3v) is 0. The van der Waals surface area contributed by atoms with E-state index in [-0.39, 0.29) is 6.15 Å². The van der Waals surface area contributed by atoms with Gasteiger partial charge in [-0.05, 0) is 0 Å². The van der Waals surface area contributed by atoms with E-state index in [0.717, 1.165) is 0 Å². The van der Waals surface area contributed by atoms with Crippen LogP contribution in [0.2, 0.25) is 0 Å². The summed E-state index contributed by atoms with van der Waals surface area (Å²) < 4.78 is 0. The summed E-state index contributed by atoms with van der Waals surface area (Å²) in [6.07, 6.45) is 0. The molecule has 0 aromatic carbocycles. The molecule has 0 radical (unpaired) electrons. The molecule has 0 aromatic heterocycles. The fourth-order valence-electron chi connectivity index (χ4n) is 0. The number of nitrogens with zero attached hydrogens (tertiary/aromatic N) is 1. The molecule has 0 aliphatic heterocycles. The van der Waals surface area contributed by atoms with Crippen molar-refractivity contribution in [3.63, 3.8) is 0 Å². The summed E-state index contributed by atoms with van der Waals surface area (Å²) >= 11 is 0. The van der Waals surface area contributed by atoms with Crippen molar-refractivity contribution >= 4 is 0 Å². The van der Waals surface area contributed by atoms with E-state index in [1.807, 2.05) is 0 Å². The molecule has 32 valence electrons. The minimum Gasteiger partial charge on any atom is -0.344 e. The highest BCUT2D eigenvalue weighted by molar-refractivity contribution is 3.83. The van der Waals surface area contributed by atoms with Crippen molar-refractivity contribution in [2.45, 2.75) is 0 Å². The van der Waals surface area contributed by atoms with Gasteiger partial charge in [0.25, 0.3) is 5.09 Å². The van der Waals surface area contributed by atoms with Crippen LogP contribution in [-0.4, -0.2) is 10.3 Å². The average molecular weight is 81.0 g/mol. The Morgan fingerprint density at radius 1 is 1.80 bits per heavy atom. The van der Waals surface area contributed by atoms with Crippen molar-refractivity contribution in [2.24, 2.45) is 0 Å². The van der Waals surface area contributed by atoms with Gasteiger partial charge in [0.1, 0.15) is 0 Å². The average Bonchev–Trinajstić information content (AvgIpc) is 0.811. The minimum atomic E-state index is -1.50. The van der Waals surface area contributed by atoms with Gasteiger partial charge < -0.3 is 11.4 Å².